The number of hydrogen-bond donors (Lipinski definition) is 1. The van der Waals surface area contributed by atoms with E-state index in [1.54, 1.807) is 6.07 Å². The lowest BCUT2D eigenvalue weighted by atomic mass is 9.84. The van der Waals surface area contributed by atoms with Crippen LogP contribution in [0, 0.1) is 11.8 Å². The van der Waals surface area contributed by atoms with E-state index in [-0.39, 0.29) is 0 Å². The van der Waals surface area contributed by atoms with E-state index in [0.717, 1.165) is 18.8 Å². The lowest BCUT2D eigenvalue weighted by Crippen LogP contribution is -2.18. The predicted molar refractivity (Wildman–Crippen MR) is 69.8 cm³/mol. The van der Waals surface area contributed by atoms with E-state index in [1.165, 1.54) is 24.2 Å². The van der Waals surface area contributed by atoms with E-state index in [2.05, 4.69) is 6.92 Å². The van der Waals surface area contributed by atoms with Crippen molar-refractivity contribution in [2.24, 2.45) is 11.8 Å². The third-order valence-corrected chi connectivity index (χ3v) is 7.18. The molecule has 0 spiro atoms. The van der Waals surface area contributed by atoms with Gasteiger partial charge >= 0.3 is 0 Å². The van der Waals surface area contributed by atoms with E-state index in [4.69, 9.17) is 0 Å². The van der Waals surface area contributed by atoms with Crippen LogP contribution >= 0.6 is 18.7 Å². The average Bonchev–Trinajstić information content (AvgIpc) is 2.75. The largest absolute Gasteiger partial charge is 0.341 e. The van der Waals surface area contributed by atoms with Crippen LogP contribution in [0.3, 0.4) is 0 Å². The van der Waals surface area contributed by atoms with Crippen molar-refractivity contribution < 1.29 is 9.46 Å². The Hall–Kier alpha value is -0.110. The average molecular weight is 258 g/mol. The molecule has 1 unspecified atom stereocenters. The van der Waals surface area contributed by atoms with Gasteiger partial charge in [-0.25, -0.2) is 0 Å². The molecule has 2 nitrogen and oxygen atoms in total. The lowest BCUT2D eigenvalue weighted by molar-refractivity contribution is 0.305. The zero-order chi connectivity index (χ0) is 11.6. The van der Waals surface area contributed by atoms with Crippen LogP contribution in [0.2, 0.25) is 0 Å². The molecule has 1 aliphatic rings. The first-order chi connectivity index (χ1) is 7.58. The maximum atomic E-state index is 12.2. The summed E-state index contributed by atoms with van der Waals surface area (Å²) < 4.78 is 12.9. The molecule has 90 valence electrons. The summed E-state index contributed by atoms with van der Waals surface area (Å²) in [5.41, 5.74) is 0. The summed E-state index contributed by atoms with van der Waals surface area (Å²) in [5, 5.41) is 1.88. The number of rotatable bonds is 3. The third kappa shape index (κ3) is 2.97. The van der Waals surface area contributed by atoms with Gasteiger partial charge in [-0.05, 0) is 36.1 Å². The van der Waals surface area contributed by atoms with Crippen LogP contribution in [0.4, 0.5) is 0 Å². The second-order valence-electron chi connectivity index (χ2n) is 4.96. The quantitative estimate of drug-likeness (QED) is 0.843. The summed E-state index contributed by atoms with van der Waals surface area (Å²) in [5.74, 6) is 1.25. The standard InChI is InChI=1S/C12H19O2PS/c1-10-4-6-11(7-5-10)9-15(13,14)12-3-2-8-16-12/h2-3,8,10-11H,4-7,9H2,1H3,(H,13,14). The van der Waals surface area contributed by atoms with Crippen LogP contribution in [0.5, 0.6) is 0 Å². The Morgan fingerprint density at radius 2 is 2.12 bits per heavy atom. The first-order valence-electron chi connectivity index (χ1n) is 5.94. The lowest BCUT2D eigenvalue weighted by Gasteiger charge is -2.27. The highest BCUT2D eigenvalue weighted by Gasteiger charge is 2.29. The molecule has 2 rings (SSSR count). The Morgan fingerprint density at radius 1 is 1.44 bits per heavy atom. The molecule has 0 aromatic carbocycles. The SMILES string of the molecule is CC1CCC(CP(=O)(O)c2cccs2)CC1. The van der Waals surface area contributed by atoms with Crippen molar-refractivity contribution in [1.82, 2.24) is 0 Å². The molecular formula is C12H19O2PS. The minimum Gasteiger partial charge on any atom is -0.341 e. The molecule has 1 heterocycles. The second kappa shape index (κ2) is 5.03. The van der Waals surface area contributed by atoms with Gasteiger partial charge in [-0.3, -0.25) is 4.57 Å². The summed E-state index contributed by atoms with van der Waals surface area (Å²) in [6.07, 6.45) is 5.17. The topological polar surface area (TPSA) is 37.3 Å². The molecule has 0 aliphatic heterocycles. The molecule has 16 heavy (non-hydrogen) atoms. The summed E-state index contributed by atoms with van der Waals surface area (Å²) in [6.45, 7) is 2.27. The fraction of sp³-hybridized carbons (Fsp3) is 0.667. The van der Waals surface area contributed by atoms with Gasteiger partial charge in [-0.15, -0.1) is 11.3 Å². The highest BCUT2D eigenvalue weighted by Crippen LogP contribution is 2.46. The minimum absolute atomic E-state index is 0.453. The van der Waals surface area contributed by atoms with Crippen LogP contribution < -0.4 is 4.62 Å². The Morgan fingerprint density at radius 3 is 2.69 bits per heavy atom. The van der Waals surface area contributed by atoms with Crippen LogP contribution in [-0.2, 0) is 4.57 Å². The van der Waals surface area contributed by atoms with E-state index in [1.807, 2.05) is 11.4 Å². The predicted octanol–water partition coefficient (Wildman–Crippen LogP) is 3.47. The molecule has 1 atom stereocenters. The summed E-state index contributed by atoms with van der Waals surface area (Å²) in [4.78, 5) is 10.1. The minimum atomic E-state index is -3.07. The van der Waals surface area contributed by atoms with E-state index < -0.39 is 7.37 Å². The molecule has 1 fully saturated rings. The van der Waals surface area contributed by atoms with Crippen LogP contribution in [0.25, 0.3) is 0 Å². The van der Waals surface area contributed by atoms with Gasteiger partial charge in [-0.2, -0.15) is 0 Å². The maximum absolute atomic E-state index is 12.2. The third-order valence-electron chi connectivity index (χ3n) is 3.49. The second-order valence-corrected chi connectivity index (χ2v) is 8.46. The first kappa shape index (κ1) is 12.3. The number of hydrogen-bond acceptors (Lipinski definition) is 2. The van der Waals surface area contributed by atoms with Gasteiger partial charge in [0.1, 0.15) is 0 Å². The molecule has 0 bridgehead atoms. The summed E-state index contributed by atoms with van der Waals surface area (Å²) in [6, 6.07) is 3.64. The van der Waals surface area contributed by atoms with E-state index in [9.17, 15) is 9.46 Å². The Bertz CT molecular complexity index is 366. The molecule has 1 aromatic heterocycles. The Kier molecular flexibility index (Phi) is 3.89. The molecule has 0 radical (unpaired) electrons. The first-order valence-corrected chi connectivity index (χ1v) is 8.66. The van der Waals surface area contributed by atoms with Gasteiger partial charge in [-0.1, -0.05) is 25.8 Å². The number of thiophene rings is 1. The van der Waals surface area contributed by atoms with Gasteiger partial charge in [0.05, 0.1) is 4.62 Å². The van der Waals surface area contributed by atoms with Gasteiger partial charge in [0.25, 0.3) is 0 Å². The summed E-state index contributed by atoms with van der Waals surface area (Å²) in [7, 11) is -3.07. The zero-order valence-corrected chi connectivity index (χ0v) is 11.3. The molecule has 1 aliphatic carbocycles. The molecule has 0 amide bonds. The smallest absolute Gasteiger partial charge is 0.239 e. The van der Waals surface area contributed by atoms with E-state index in [0.29, 0.717) is 16.7 Å². The maximum Gasteiger partial charge on any atom is 0.239 e. The fourth-order valence-electron chi connectivity index (χ4n) is 2.42. The highest BCUT2D eigenvalue weighted by molar-refractivity contribution is 7.71. The van der Waals surface area contributed by atoms with Gasteiger partial charge in [0.15, 0.2) is 0 Å². The van der Waals surface area contributed by atoms with Crippen molar-refractivity contribution in [3.8, 4) is 0 Å². The summed E-state index contributed by atoms with van der Waals surface area (Å²) >= 11 is 1.41. The van der Waals surface area contributed by atoms with Crippen molar-refractivity contribution in [3.63, 3.8) is 0 Å². The normalized spacial score (nSPS) is 29.9. The van der Waals surface area contributed by atoms with Crippen molar-refractivity contribution in [2.45, 2.75) is 32.6 Å². The molecule has 1 N–H and O–H groups in total. The van der Waals surface area contributed by atoms with Crippen LogP contribution in [0.1, 0.15) is 32.6 Å². The zero-order valence-electron chi connectivity index (χ0n) is 9.63. The van der Waals surface area contributed by atoms with Crippen molar-refractivity contribution >= 4 is 23.3 Å². The van der Waals surface area contributed by atoms with Crippen molar-refractivity contribution in [2.75, 3.05) is 6.16 Å². The van der Waals surface area contributed by atoms with Crippen LogP contribution in [0.15, 0.2) is 17.5 Å². The molecule has 4 heteroatoms. The van der Waals surface area contributed by atoms with Crippen molar-refractivity contribution in [3.05, 3.63) is 17.5 Å². The Balaban J connectivity index is 1.97. The molecule has 1 aromatic rings. The molecule has 1 saturated carbocycles. The molecule has 0 saturated heterocycles. The fourth-order valence-corrected chi connectivity index (χ4v) is 5.50. The monoisotopic (exact) mass is 258 g/mol. The van der Waals surface area contributed by atoms with Gasteiger partial charge in [0, 0.05) is 6.16 Å². The van der Waals surface area contributed by atoms with E-state index >= 15 is 0 Å². The van der Waals surface area contributed by atoms with Gasteiger partial charge < -0.3 is 4.89 Å². The van der Waals surface area contributed by atoms with Gasteiger partial charge in [0.2, 0.25) is 7.37 Å². The van der Waals surface area contributed by atoms with Crippen LogP contribution in [-0.4, -0.2) is 11.1 Å². The molecular weight excluding hydrogens is 239 g/mol. The highest BCUT2D eigenvalue weighted by atomic mass is 32.1. The van der Waals surface area contributed by atoms with Crippen molar-refractivity contribution in [1.29, 1.82) is 0 Å². The Labute approximate surface area is 101 Å².